The van der Waals surface area contributed by atoms with E-state index in [0.29, 0.717) is 13.2 Å². The first-order chi connectivity index (χ1) is 2.91. The Morgan fingerprint density at radius 1 is 1.33 bits per heavy atom. The first-order valence-electron chi connectivity index (χ1n) is 1.89. The summed E-state index contributed by atoms with van der Waals surface area (Å²) >= 11 is 0. The summed E-state index contributed by atoms with van der Waals surface area (Å²) in [5.74, 6) is 0. The van der Waals surface area contributed by atoms with E-state index in [-0.39, 0.29) is 6.73 Å². The number of hydrogen-bond donors (Lipinski definition) is 2. The molecule has 0 unspecified atom stereocenters. The van der Waals surface area contributed by atoms with Crippen molar-refractivity contribution in [3.05, 3.63) is 0 Å². The van der Waals surface area contributed by atoms with Crippen LogP contribution in [0.4, 0.5) is 0 Å². The van der Waals surface area contributed by atoms with E-state index in [2.05, 4.69) is 4.74 Å². The molecule has 0 amide bonds. The summed E-state index contributed by atoms with van der Waals surface area (Å²) in [5, 5.41) is 0. The highest BCUT2D eigenvalue weighted by Gasteiger charge is 1.72. The van der Waals surface area contributed by atoms with E-state index in [9.17, 15) is 0 Å². The quantitative estimate of drug-likeness (QED) is 0.341. The van der Waals surface area contributed by atoms with Crippen molar-refractivity contribution < 1.29 is 4.74 Å². The van der Waals surface area contributed by atoms with Gasteiger partial charge in [0, 0.05) is 6.54 Å². The van der Waals surface area contributed by atoms with Crippen LogP contribution in [-0.4, -0.2) is 19.9 Å². The van der Waals surface area contributed by atoms with E-state index in [1.807, 2.05) is 0 Å². The lowest BCUT2D eigenvalue weighted by Gasteiger charge is -1.91. The minimum Gasteiger partial charge on any atom is -0.365 e. The first kappa shape index (κ1) is 5.88. The van der Waals surface area contributed by atoms with Crippen LogP contribution in [0.2, 0.25) is 0 Å². The Bertz CT molecular complexity index is 20.8. The standard InChI is InChI=1S/C3H10N2O/c4-1-2-6-3-5/h1-5H2. The molecule has 4 N–H and O–H groups in total. The number of hydrogen-bond acceptors (Lipinski definition) is 3. The molecule has 0 aliphatic carbocycles. The highest BCUT2D eigenvalue weighted by atomic mass is 16.5. The highest BCUT2D eigenvalue weighted by molar-refractivity contribution is 4.24. The first-order valence-corrected chi connectivity index (χ1v) is 1.89. The summed E-state index contributed by atoms with van der Waals surface area (Å²) in [5.41, 5.74) is 9.97. The van der Waals surface area contributed by atoms with Gasteiger partial charge in [-0.05, 0) is 0 Å². The molecule has 0 saturated carbocycles. The molecule has 0 spiro atoms. The average Bonchev–Trinajstić information content (AvgIpc) is 1.61. The molecule has 0 saturated heterocycles. The van der Waals surface area contributed by atoms with Crippen LogP contribution >= 0.6 is 0 Å². The molecule has 3 nitrogen and oxygen atoms in total. The van der Waals surface area contributed by atoms with Gasteiger partial charge in [0.15, 0.2) is 0 Å². The molecule has 0 radical (unpaired) electrons. The SMILES string of the molecule is NCCOCN. The summed E-state index contributed by atoms with van der Waals surface area (Å²) in [6.07, 6.45) is 0. The molecule has 0 aromatic heterocycles. The monoisotopic (exact) mass is 90.1 g/mol. The number of rotatable bonds is 3. The van der Waals surface area contributed by atoms with E-state index in [0.717, 1.165) is 0 Å². The predicted molar refractivity (Wildman–Crippen MR) is 24.1 cm³/mol. The lowest BCUT2D eigenvalue weighted by Crippen LogP contribution is -2.12. The van der Waals surface area contributed by atoms with Crippen LogP contribution in [0.15, 0.2) is 0 Å². The molecule has 0 rings (SSSR count). The molecular formula is C3H10N2O. The molecule has 3 heteroatoms. The summed E-state index contributed by atoms with van der Waals surface area (Å²) in [6.45, 7) is 1.39. The highest BCUT2D eigenvalue weighted by Crippen LogP contribution is 1.58. The molecular weight excluding hydrogens is 80.0 g/mol. The fourth-order valence-corrected chi connectivity index (χ4v) is 0.167. The zero-order valence-corrected chi connectivity index (χ0v) is 3.68. The molecule has 38 valence electrons. The fraction of sp³-hybridized carbons (Fsp3) is 1.00. The fourth-order valence-electron chi connectivity index (χ4n) is 0.167. The normalized spacial score (nSPS) is 9.00. The van der Waals surface area contributed by atoms with Crippen molar-refractivity contribution in [1.29, 1.82) is 0 Å². The molecule has 0 atom stereocenters. The van der Waals surface area contributed by atoms with Gasteiger partial charge < -0.3 is 16.2 Å². The Labute approximate surface area is 37.3 Å². The Morgan fingerprint density at radius 2 is 2.00 bits per heavy atom. The predicted octanol–water partition coefficient (Wildman–Crippen LogP) is -1.12. The van der Waals surface area contributed by atoms with Gasteiger partial charge in [0.2, 0.25) is 0 Å². The second-order valence-electron chi connectivity index (χ2n) is 0.864. The molecule has 0 aliphatic rings. The largest absolute Gasteiger partial charge is 0.365 e. The maximum absolute atomic E-state index is 5.03. The molecule has 0 aromatic carbocycles. The van der Waals surface area contributed by atoms with Crippen LogP contribution < -0.4 is 11.5 Å². The zero-order valence-electron chi connectivity index (χ0n) is 3.68. The van der Waals surface area contributed by atoms with Crippen molar-refractivity contribution in [1.82, 2.24) is 0 Å². The Kier molecular flexibility index (Phi) is 4.78. The van der Waals surface area contributed by atoms with Gasteiger partial charge in [0.05, 0.1) is 13.3 Å². The average molecular weight is 90.1 g/mol. The Hall–Kier alpha value is -0.120. The lowest BCUT2D eigenvalue weighted by atomic mass is 10.7. The maximum Gasteiger partial charge on any atom is 0.0940 e. The number of ether oxygens (including phenoxy) is 1. The Morgan fingerprint density at radius 3 is 2.17 bits per heavy atom. The van der Waals surface area contributed by atoms with E-state index in [1.165, 1.54) is 0 Å². The van der Waals surface area contributed by atoms with Crippen LogP contribution in [-0.2, 0) is 4.74 Å². The summed E-state index contributed by atoms with van der Waals surface area (Å²) in [4.78, 5) is 0. The van der Waals surface area contributed by atoms with Crippen molar-refractivity contribution in [3.63, 3.8) is 0 Å². The van der Waals surface area contributed by atoms with Gasteiger partial charge in [0.1, 0.15) is 0 Å². The van der Waals surface area contributed by atoms with Gasteiger partial charge in [-0.3, -0.25) is 0 Å². The summed E-state index contributed by atoms with van der Waals surface area (Å²) in [6, 6.07) is 0. The smallest absolute Gasteiger partial charge is 0.0940 e. The van der Waals surface area contributed by atoms with Crippen LogP contribution in [0, 0.1) is 0 Å². The van der Waals surface area contributed by atoms with Crippen LogP contribution in [0.1, 0.15) is 0 Å². The van der Waals surface area contributed by atoms with Crippen LogP contribution in [0.25, 0.3) is 0 Å². The van der Waals surface area contributed by atoms with Gasteiger partial charge in [-0.25, -0.2) is 0 Å². The van der Waals surface area contributed by atoms with Gasteiger partial charge in [-0.1, -0.05) is 0 Å². The molecule has 6 heavy (non-hydrogen) atoms. The number of nitrogens with two attached hydrogens (primary N) is 2. The third-order valence-electron chi connectivity index (χ3n) is 0.380. The molecule has 0 aromatic rings. The van der Waals surface area contributed by atoms with Crippen molar-refractivity contribution in [3.8, 4) is 0 Å². The third kappa shape index (κ3) is 3.88. The van der Waals surface area contributed by atoms with Crippen molar-refractivity contribution in [2.75, 3.05) is 19.9 Å². The van der Waals surface area contributed by atoms with Crippen molar-refractivity contribution >= 4 is 0 Å². The molecule has 0 fully saturated rings. The molecule has 0 aliphatic heterocycles. The maximum atomic E-state index is 5.03. The van der Waals surface area contributed by atoms with Gasteiger partial charge in [0.25, 0.3) is 0 Å². The van der Waals surface area contributed by atoms with E-state index >= 15 is 0 Å². The van der Waals surface area contributed by atoms with Gasteiger partial charge in [-0.15, -0.1) is 0 Å². The third-order valence-corrected chi connectivity index (χ3v) is 0.380. The minimum absolute atomic E-state index is 0.275. The van der Waals surface area contributed by atoms with E-state index in [4.69, 9.17) is 11.5 Å². The molecule has 0 heterocycles. The second-order valence-corrected chi connectivity index (χ2v) is 0.864. The Balaban J connectivity index is 2.34. The summed E-state index contributed by atoms with van der Waals surface area (Å²) < 4.78 is 4.64. The van der Waals surface area contributed by atoms with Crippen LogP contribution in [0.5, 0.6) is 0 Å². The second kappa shape index (κ2) is 4.88. The topological polar surface area (TPSA) is 61.3 Å². The van der Waals surface area contributed by atoms with Gasteiger partial charge >= 0.3 is 0 Å². The lowest BCUT2D eigenvalue weighted by molar-refractivity contribution is 0.148. The zero-order chi connectivity index (χ0) is 4.83. The summed E-state index contributed by atoms with van der Waals surface area (Å²) in [7, 11) is 0. The van der Waals surface area contributed by atoms with Crippen molar-refractivity contribution in [2.45, 2.75) is 0 Å². The molecule has 0 bridgehead atoms. The van der Waals surface area contributed by atoms with E-state index < -0.39 is 0 Å². The van der Waals surface area contributed by atoms with Crippen molar-refractivity contribution in [2.24, 2.45) is 11.5 Å². The van der Waals surface area contributed by atoms with Gasteiger partial charge in [-0.2, -0.15) is 0 Å². The minimum atomic E-state index is 0.275. The van der Waals surface area contributed by atoms with E-state index in [1.54, 1.807) is 0 Å². The van der Waals surface area contributed by atoms with Crippen LogP contribution in [0.3, 0.4) is 0 Å².